The summed E-state index contributed by atoms with van der Waals surface area (Å²) in [6, 6.07) is 24.4. The van der Waals surface area contributed by atoms with Gasteiger partial charge in [-0.05, 0) is 61.4 Å². The van der Waals surface area contributed by atoms with E-state index in [-0.39, 0.29) is 19.0 Å². The van der Waals surface area contributed by atoms with E-state index >= 15 is 0 Å². The third kappa shape index (κ3) is 6.06. The van der Waals surface area contributed by atoms with Gasteiger partial charge in [0.15, 0.2) is 5.78 Å². The third-order valence-corrected chi connectivity index (χ3v) is 4.57. The molecule has 0 unspecified atom stereocenters. The van der Waals surface area contributed by atoms with Crippen LogP contribution in [0.3, 0.4) is 0 Å². The largest absolute Gasteiger partial charge is 0.486 e. The summed E-state index contributed by atoms with van der Waals surface area (Å²) in [7, 11) is 0. The van der Waals surface area contributed by atoms with Crippen LogP contribution in [0.5, 0.6) is 5.75 Å². The molecule has 0 fully saturated rings. The summed E-state index contributed by atoms with van der Waals surface area (Å²) in [6.45, 7) is 3.57. The fourth-order valence-corrected chi connectivity index (χ4v) is 3.02. The van der Waals surface area contributed by atoms with Crippen LogP contribution in [0.25, 0.3) is 6.08 Å². The molecule has 31 heavy (non-hydrogen) atoms. The summed E-state index contributed by atoms with van der Waals surface area (Å²) in [5.41, 5.74) is 3.31. The smallest absolute Gasteiger partial charge is 0.419 e. The van der Waals surface area contributed by atoms with Crippen LogP contribution in [0, 0.1) is 6.92 Å². The molecule has 0 saturated heterocycles. The predicted octanol–water partition coefficient (Wildman–Crippen LogP) is 5.95. The van der Waals surface area contributed by atoms with Crippen LogP contribution in [-0.2, 0) is 9.53 Å². The number of benzene rings is 3. The van der Waals surface area contributed by atoms with Crippen LogP contribution < -0.4 is 9.64 Å². The summed E-state index contributed by atoms with van der Waals surface area (Å²) >= 11 is 0. The number of nitrogens with zero attached hydrogens (tertiary/aromatic N) is 1. The second-order valence-electron chi connectivity index (χ2n) is 6.95. The molecule has 0 saturated carbocycles. The zero-order chi connectivity index (χ0) is 22.1. The molecule has 1 amide bonds. The number of hydrogen-bond donors (Lipinski definition) is 0. The van der Waals surface area contributed by atoms with Crippen LogP contribution in [0.15, 0.2) is 84.9 Å². The number of hydrogen-bond acceptors (Lipinski definition) is 4. The molecule has 0 spiro atoms. The van der Waals surface area contributed by atoms with Crippen LogP contribution in [0.1, 0.15) is 18.1 Å². The second kappa shape index (κ2) is 10.8. The maximum absolute atomic E-state index is 12.8. The summed E-state index contributed by atoms with van der Waals surface area (Å²) in [4.78, 5) is 25.5. The number of para-hydroxylation sites is 2. The number of carbonyl (C=O) groups is 2. The SMILES string of the molecule is CC(=O)COc1cccc(/C=C/COC(=O)N(c2ccccc2)c2ccccc2)c1C. The molecular formula is C26H25NO4. The fraction of sp³-hybridized carbons (Fsp3) is 0.154. The van der Waals surface area contributed by atoms with E-state index in [9.17, 15) is 9.59 Å². The average Bonchev–Trinajstić information content (AvgIpc) is 2.78. The van der Waals surface area contributed by atoms with Crippen molar-refractivity contribution in [1.29, 1.82) is 0 Å². The Bertz CT molecular complexity index is 1010. The van der Waals surface area contributed by atoms with E-state index in [0.717, 1.165) is 22.5 Å². The van der Waals surface area contributed by atoms with Gasteiger partial charge in [-0.2, -0.15) is 0 Å². The lowest BCUT2D eigenvalue weighted by Crippen LogP contribution is -2.26. The standard InChI is InChI=1S/C26H25NO4/c1-20(28)19-31-25-17-9-11-22(21(25)2)12-10-18-30-26(29)27(23-13-5-3-6-14-23)24-15-7-4-8-16-24/h3-17H,18-19H2,1-2H3/b12-10+. The fourth-order valence-electron chi connectivity index (χ4n) is 3.02. The Hall–Kier alpha value is -3.86. The Balaban J connectivity index is 1.67. The van der Waals surface area contributed by atoms with Crippen molar-refractivity contribution in [2.24, 2.45) is 0 Å². The van der Waals surface area contributed by atoms with Gasteiger partial charge in [0, 0.05) is 0 Å². The van der Waals surface area contributed by atoms with Gasteiger partial charge in [0.2, 0.25) is 0 Å². The molecule has 5 heteroatoms. The van der Waals surface area contributed by atoms with E-state index in [1.165, 1.54) is 11.8 Å². The van der Waals surface area contributed by atoms with E-state index in [2.05, 4.69) is 0 Å². The maximum Gasteiger partial charge on any atom is 0.419 e. The van der Waals surface area contributed by atoms with Crippen molar-refractivity contribution in [3.8, 4) is 5.75 Å². The lowest BCUT2D eigenvalue weighted by molar-refractivity contribution is -0.118. The second-order valence-corrected chi connectivity index (χ2v) is 6.95. The van der Waals surface area contributed by atoms with Crippen molar-refractivity contribution < 1.29 is 19.1 Å². The number of rotatable bonds is 8. The van der Waals surface area contributed by atoms with Crippen LogP contribution in [-0.4, -0.2) is 25.1 Å². The summed E-state index contributed by atoms with van der Waals surface area (Å²) < 4.78 is 11.0. The van der Waals surface area contributed by atoms with Crippen LogP contribution in [0.4, 0.5) is 16.2 Å². The molecule has 158 valence electrons. The lowest BCUT2D eigenvalue weighted by atomic mass is 10.1. The van der Waals surface area contributed by atoms with Crippen molar-refractivity contribution in [3.05, 3.63) is 96.1 Å². The quantitative estimate of drug-likeness (QED) is 0.456. The Labute approximate surface area is 182 Å². The van der Waals surface area contributed by atoms with Crippen molar-refractivity contribution in [3.63, 3.8) is 0 Å². The number of amides is 1. The van der Waals surface area contributed by atoms with Crippen molar-refractivity contribution in [2.45, 2.75) is 13.8 Å². The number of ketones is 1. The Morgan fingerprint density at radius 3 is 2.06 bits per heavy atom. The summed E-state index contributed by atoms with van der Waals surface area (Å²) in [5, 5.41) is 0. The highest BCUT2D eigenvalue weighted by atomic mass is 16.6. The number of anilines is 2. The molecule has 0 heterocycles. The zero-order valence-corrected chi connectivity index (χ0v) is 17.7. The van der Waals surface area contributed by atoms with Crippen molar-refractivity contribution in [2.75, 3.05) is 18.1 Å². The molecule has 5 nitrogen and oxygen atoms in total. The van der Waals surface area contributed by atoms with Gasteiger partial charge in [0.1, 0.15) is 19.0 Å². The molecule has 0 bridgehead atoms. The monoisotopic (exact) mass is 415 g/mol. The number of Topliss-reactive ketones (excluding diaryl/α,β-unsaturated/α-hetero) is 1. The molecule has 0 radical (unpaired) electrons. The molecular weight excluding hydrogens is 390 g/mol. The molecule has 0 aliphatic rings. The Morgan fingerprint density at radius 2 is 1.48 bits per heavy atom. The first kappa shape index (κ1) is 21.8. The molecule has 3 rings (SSSR count). The first-order valence-corrected chi connectivity index (χ1v) is 10.0. The van der Waals surface area contributed by atoms with E-state index in [0.29, 0.717) is 5.75 Å². The Morgan fingerprint density at radius 1 is 0.871 bits per heavy atom. The minimum atomic E-state index is -0.461. The van der Waals surface area contributed by atoms with Crippen molar-refractivity contribution >= 4 is 29.3 Å². The third-order valence-electron chi connectivity index (χ3n) is 4.57. The minimum absolute atomic E-state index is 0.0337. The predicted molar refractivity (Wildman–Crippen MR) is 123 cm³/mol. The van der Waals surface area contributed by atoms with Gasteiger partial charge in [-0.15, -0.1) is 0 Å². The van der Waals surface area contributed by atoms with E-state index in [4.69, 9.17) is 9.47 Å². The van der Waals surface area contributed by atoms with Gasteiger partial charge in [-0.25, -0.2) is 9.69 Å². The van der Waals surface area contributed by atoms with Crippen LogP contribution in [0.2, 0.25) is 0 Å². The minimum Gasteiger partial charge on any atom is -0.486 e. The molecule has 0 aliphatic carbocycles. The van der Waals surface area contributed by atoms with E-state index < -0.39 is 6.09 Å². The first-order valence-electron chi connectivity index (χ1n) is 10.0. The highest BCUT2D eigenvalue weighted by molar-refractivity contribution is 5.96. The molecule has 0 atom stereocenters. The average molecular weight is 415 g/mol. The highest BCUT2D eigenvalue weighted by Gasteiger charge is 2.18. The number of ether oxygens (including phenoxy) is 2. The Kier molecular flexibility index (Phi) is 7.60. The van der Waals surface area contributed by atoms with E-state index in [1.807, 2.05) is 91.9 Å². The van der Waals surface area contributed by atoms with Gasteiger partial charge in [0.05, 0.1) is 11.4 Å². The van der Waals surface area contributed by atoms with E-state index in [1.54, 1.807) is 6.08 Å². The maximum atomic E-state index is 12.8. The van der Waals surface area contributed by atoms with Crippen molar-refractivity contribution in [1.82, 2.24) is 0 Å². The number of carbonyl (C=O) groups excluding carboxylic acids is 2. The van der Waals surface area contributed by atoms with Crippen LogP contribution >= 0.6 is 0 Å². The molecule has 3 aromatic carbocycles. The topological polar surface area (TPSA) is 55.8 Å². The first-order chi connectivity index (χ1) is 15.1. The zero-order valence-electron chi connectivity index (χ0n) is 17.7. The highest BCUT2D eigenvalue weighted by Crippen LogP contribution is 2.26. The summed E-state index contributed by atoms with van der Waals surface area (Å²) in [6.07, 6.45) is 3.19. The summed E-state index contributed by atoms with van der Waals surface area (Å²) in [5.74, 6) is 0.627. The van der Waals surface area contributed by atoms with Gasteiger partial charge in [0.25, 0.3) is 0 Å². The molecule has 3 aromatic rings. The normalized spacial score (nSPS) is 10.6. The molecule has 0 aliphatic heterocycles. The molecule has 0 N–H and O–H groups in total. The lowest BCUT2D eigenvalue weighted by Gasteiger charge is -2.22. The van der Waals surface area contributed by atoms with Gasteiger partial charge >= 0.3 is 6.09 Å². The van der Waals surface area contributed by atoms with Gasteiger partial charge in [-0.3, -0.25) is 4.79 Å². The van der Waals surface area contributed by atoms with Gasteiger partial charge in [-0.1, -0.05) is 54.6 Å². The van der Waals surface area contributed by atoms with Gasteiger partial charge < -0.3 is 9.47 Å². The molecule has 0 aromatic heterocycles.